The number of likely N-dealkylation sites (tertiary alicyclic amines) is 1. The third kappa shape index (κ3) is 5.25. The van der Waals surface area contributed by atoms with Crippen LogP contribution >= 0.6 is 0 Å². The summed E-state index contributed by atoms with van der Waals surface area (Å²) >= 11 is 0. The van der Waals surface area contributed by atoms with Gasteiger partial charge in [-0.25, -0.2) is 4.99 Å². The molecule has 9 nitrogen and oxygen atoms in total. The average molecular weight is 390 g/mol. The van der Waals surface area contributed by atoms with Gasteiger partial charge in [0.15, 0.2) is 11.7 Å². The molecule has 1 aromatic rings. The zero-order valence-electron chi connectivity index (χ0n) is 16.5. The van der Waals surface area contributed by atoms with Gasteiger partial charge in [-0.1, -0.05) is 0 Å². The summed E-state index contributed by atoms with van der Waals surface area (Å²) in [7, 11) is 0. The summed E-state index contributed by atoms with van der Waals surface area (Å²) in [6.07, 6.45) is 2.25. The van der Waals surface area contributed by atoms with Gasteiger partial charge in [0, 0.05) is 45.8 Å². The number of piperazine rings is 1. The second kappa shape index (κ2) is 9.59. The maximum atomic E-state index is 12.3. The van der Waals surface area contributed by atoms with Gasteiger partial charge in [0.1, 0.15) is 12.3 Å². The number of carbonyl (C=O) groups excluding carboxylic acids is 2. The maximum absolute atomic E-state index is 12.3. The molecule has 2 aliphatic rings. The van der Waals surface area contributed by atoms with Gasteiger partial charge in [-0.15, -0.1) is 0 Å². The van der Waals surface area contributed by atoms with Crippen LogP contribution in [-0.4, -0.2) is 84.8 Å². The van der Waals surface area contributed by atoms with Gasteiger partial charge in [0.2, 0.25) is 5.91 Å². The Morgan fingerprint density at radius 2 is 1.82 bits per heavy atom. The van der Waals surface area contributed by atoms with E-state index in [-0.39, 0.29) is 11.7 Å². The van der Waals surface area contributed by atoms with Crippen LogP contribution in [0.1, 0.15) is 36.1 Å². The molecule has 2 amide bonds. The number of furan rings is 1. The summed E-state index contributed by atoms with van der Waals surface area (Å²) in [6.45, 7) is 8.71. The van der Waals surface area contributed by atoms with Gasteiger partial charge < -0.3 is 25.3 Å². The molecule has 0 radical (unpaired) electrons. The van der Waals surface area contributed by atoms with Crippen molar-refractivity contribution in [3.8, 4) is 0 Å². The van der Waals surface area contributed by atoms with E-state index in [4.69, 9.17) is 10.2 Å². The lowest BCUT2D eigenvalue weighted by Gasteiger charge is -2.36. The monoisotopic (exact) mass is 390 g/mol. The number of guanidine groups is 1. The molecule has 28 heavy (non-hydrogen) atoms. The third-order valence-corrected chi connectivity index (χ3v) is 5.11. The van der Waals surface area contributed by atoms with Crippen LogP contribution in [0.3, 0.4) is 0 Å². The van der Waals surface area contributed by atoms with E-state index in [0.29, 0.717) is 18.8 Å². The number of aliphatic imine (C=N–C) groups is 1. The lowest BCUT2D eigenvalue weighted by atomic mass is 10.3. The van der Waals surface area contributed by atoms with Crippen LogP contribution in [0.4, 0.5) is 0 Å². The molecule has 3 N–H and O–H groups in total. The second-order valence-corrected chi connectivity index (χ2v) is 7.15. The van der Waals surface area contributed by atoms with Crippen molar-refractivity contribution < 1.29 is 14.0 Å². The molecule has 1 aromatic heterocycles. The molecule has 2 aliphatic heterocycles. The third-order valence-electron chi connectivity index (χ3n) is 5.11. The van der Waals surface area contributed by atoms with Crippen molar-refractivity contribution in [3.05, 3.63) is 23.7 Å². The first-order valence-corrected chi connectivity index (χ1v) is 9.98. The van der Waals surface area contributed by atoms with Gasteiger partial charge in [0.25, 0.3) is 5.91 Å². The number of nitrogens with zero attached hydrogens (tertiary/aromatic N) is 4. The van der Waals surface area contributed by atoms with E-state index in [2.05, 4.69) is 20.1 Å². The Hall–Kier alpha value is -2.55. The highest BCUT2D eigenvalue weighted by molar-refractivity contribution is 5.89. The first kappa shape index (κ1) is 20.2. The zero-order chi connectivity index (χ0) is 19.9. The Labute approximate surface area is 165 Å². The molecule has 9 heteroatoms. The van der Waals surface area contributed by atoms with E-state index in [9.17, 15) is 9.59 Å². The maximum Gasteiger partial charge on any atom is 0.284 e. The summed E-state index contributed by atoms with van der Waals surface area (Å²) in [4.78, 5) is 34.5. The Balaban J connectivity index is 1.51. The SMILES string of the molecule is CCNC(=NCc1ccc(C(N)=O)o1)N1CCN(CC(=O)N2CCCC2)CC1. The number of nitrogens with one attached hydrogen (secondary N) is 1. The van der Waals surface area contributed by atoms with Gasteiger partial charge in [0.05, 0.1) is 6.54 Å². The fourth-order valence-electron chi connectivity index (χ4n) is 3.55. The molecule has 0 aromatic carbocycles. The van der Waals surface area contributed by atoms with Crippen molar-refractivity contribution in [2.45, 2.75) is 26.3 Å². The number of nitrogens with two attached hydrogens (primary N) is 1. The first-order valence-electron chi connectivity index (χ1n) is 9.98. The van der Waals surface area contributed by atoms with Crippen LogP contribution in [0.5, 0.6) is 0 Å². The fourth-order valence-corrected chi connectivity index (χ4v) is 3.55. The molecule has 0 spiro atoms. The largest absolute Gasteiger partial charge is 0.454 e. The van der Waals surface area contributed by atoms with Gasteiger partial charge >= 0.3 is 0 Å². The van der Waals surface area contributed by atoms with Crippen molar-refractivity contribution in [1.29, 1.82) is 0 Å². The van der Waals surface area contributed by atoms with Crippen LogP contribution in [0.2, 0.25) is 0 Å². The molecular weight excluding hydrogens is 360 g/mol. The molecule has 2 saturated heterocycles. The number of amides is 2. The van der Waals surface area contributed by atoms with Crippen LogP contribution in [0.15, 0.2) is 21.5 Å². The minimum Gasteiger partial charge on any atom is -0.454 e. The summed E-state index contributed by atoms with van der Waals surface area (Å²) in [5.74, 6) is 1.21. The molecule has 0 bridgehead atoms. The molecule has 154 valence electrons. The number of carbonyl (C=O) groups is 2. The Morgan fingerprint density at radius 1 is 1.11 bits per heavy atom. The highest BCUT2D eigenvalue weighted by Gasteiger charge is 2.24. The molecule has 3 heterocycles. The number of rotatable bonds is 6. The summed E-state index contributed by atoms with van der Waals surface area (Å²) in [6, 6.07) is 3.28. The molecular formula is C19H30N6O3. The molecule has 2 fully saturated rings. The highest BCUT2D eigenvalue weighted by Crippen LogP contribution is 2.11. The van der Waals surface area contributed by atoms with Crippen molar-refractivity contribution in [2.24, 2.45) is 10.7 Å². The molecule has 3 rings (SSSR count). The predicted molar refractivity (Wildman–Crippen MR) is 106 cm³/mol. The summed E-state index contributed by atoms with van der Waals surface area (Å²) in [5.41, 5.74) is 5.21. The van der Waals surface area contributed by atoms with E-state index in [1.807, 2.05) is 11.8 Å². The number of hydrogen-bond acceptors (Lipinski definition) is 5. The first-order chi connectivity index (χ1) is 13.6. The molecule has 0 aliphatic carbocycles. The summed E-state index contributed by atoms with van der Waals surface area (Å²) < 4.78 is 5.39. The number of hydrogen-bond donors (Lipinski definition) is 2. The van der Waals surface area contributed by atoms with E-state index >= 15 is 0 Å². The van der Waals surface area contributed by atoms with Crippen LogP contribution in [0, 0.1) is 0 Å². The zero-order valence-corrected chi connectivity index (χ0v) is 16.5. The molecule has 0 atom stereocenters. The van der Waals surface area contributed by atoms with Gasteiger partial charge in [-0.2, -0.15) is 0 Å². The smallest absolute Gasteiger partial charge is 0.284 e. The second-order valence-electron chi connectivity index (χ2n) is 7.15. The lowest BCUT2D eigenvalue weighted by Crippen LogP contribution is -2.54. The Bertz CT molecular complexity index is 702. The van der Waals surface area contributed by atoms with Crippen molar-refractivity contribution in [3.63, 3.8) is 0 Å². The molecule has 0 unspecified atom stereocenters. The van der Waals surface area contributed by atoms with Crippen LogP contribution in [0.25, 0.3) is 0 Å². The number of primary amides is 1. The van der Waals surface area contributed by atoms with Gasteiger partial charge in [-0.05, 0) is 31.9 Å². The summed E-state index contributed by atoms with van der Waals surface area (Å²) in [5, 5.41) is 3.30. The lowest BCUT2D eigenvalue weighted by molar-refractivity contribution is -0.131. The van der Waals surface area contributed by atoms with Crippen LogP contribution in [-0.2, 0) is 11.3 Å². The highest BCUT2D eigenvalue weighted by atomic mass is 16.3. The Morgan fingerprint density at radius 3 is 2.43 bits per heavy atom. The van der Waals surface area contributed by atoms with E-state index in [1.54, 1.807) is 12.1 Å². The predicted octanol–water partition coefficient (Wildman–Crippen LogP) is 0.0840. The van der Waals surface area contributed by atoms with Crippen LogP contribution < -0.4 is 11.1 Å². The Kier molecular flexibility index (Phi) is 6.91. The van der Waals surface area contributed by atoms with Gasteiger partial charge in [-0.3, -0.25) is 14.5 Å². The van der Waals surface area contributed by atoms with E-state index < -0.39 is 5.91 Å². The van der Waals surface area contributed by atoms with Crippen molar-refractivity contribution in [1.82, 2.24) is 20.0 Å². The minimum atomic E-state index is -0.582. The molecule has 0 saturated carbocycles. The van der Waals surface area contributed by atoms with E-state index in [1.165, 1.54) is 0 Å². The standard InChI is InChI=1S/C19H30N6O3/c1-2-21-19(22-13-15-5-6-16(28-15)18(20)27)25-11-9-23(10-12-25)14-17(26)24-7-3-4-8-24/h5-6H,2-4,7-14H2,1H3,(H2,20,27)(H,21,22). The average Bonchev–Trinajstić information content (AvgIpc) is 3.38. The fraction of sp³-hybridized carbons (Fsp3) is 0.632. The van der Waals surface area contributed by atoms with E-state index in [0.717, 1.165) is 64.6 Å². The topological polar surface area (TPSA) is 107 Å². The quantitative estimate of drug-likeness (QED) is 0.526. The van der Waals surface area contributed by atoms with Crippen molar-refractivity contribution >= 4 is 17.8 Å². The minimum absolute atomic E-state index is 0.145. The van der Waals surface area contributed by atoms with Crippen molar-refractivity contribution in [2.75, 3.05) is 52.4 Å². The normalized spacial score (nSPS) is 18.5.